The van der Waals surface area contributed by atoms with Gasteiger partial charge in [-0.3, -0.25) is 4.79 Å². The van der Waals surface area contributed by atoms with E-state index in [0.29, 0.717) is 11.3 Å². The molecular weight excluding hydrogens is 245 g/mol. The van der Waals surface area contributed by atoms with E-state index in [1.807, 2.05) is 0 Å². The first kappa shape index (κ1) is 14.5. The van der Waals surface area contributed by atoms with Crippen LogP contribution in [-0.4, -0.2) is 18.1 Å². The monoisotopic (exact) mass is 260 g/mol. The van der Waals surface area contributed by atoms with Crippen LogP contribution in [0.25, 0.3) is 0 Å². The van der Waals surface area contributed by atoms with Crippen molar-refractivity contribution >= 4 is 11.6 Å². The number of aryl methyl sites for hydroxylation is 1. The van der Waals surface area contributed by atoms with Gasteiger partial charge in [-0.05, 0) is 31.0 Å². The van der Waals surface area contributed by atoms with Crippen LogP contribution in [0, 0.1) is 0 Å². The third-order valence-corrected chi connectivity index (χ3v) is 2.33. The summed E-state index contributed by atoms with van der Waals surface area (Å²) in [4.78, 5) is 11.3. The summed E-state index contributed by atoms with van der Waals surface area (Å²) in [5, 5.41) is 2.55. The van der Waals surface area contributed by atoms with E-state index >= 15 is 0 Å². The molecule has 0 aliphatic rings. The Hall–Kier alpha value is -1.56. The van der Waals surface area contributed by atoms with E-state index in [4.69, 9.17) is 5.73 Å². The Morgan fingerprint density at radius 1 is 1.33 bits per heavy atom. The van der Waals surface area contributed by atoms with E-state index in [9.17, 15) is 18.0 Å². The Labute approximate surface area is 103 Å². The van der Waals surface area contributed by atoms with Crippen LogP contribution in [0.15, 0.2) is 24.3 Å². The van der Waals surface area contributed by atoms with Crippen LogP contribution in [0.3, 0.4) is 0 Å². The Bertz CT molecular complexity index is 399. The summed E-state index contributed by atoms with van der Waals surface area (Å²) >= 11 is 0. The smallest absolute Gasteiger partial charge is 0.325 e. The lowest BCUT2D eigenvalue weighted by Gasteiger charge is -2.09. The Morgan fingerprint density at radius 3 is 2.33 bits per heavy atom. The van der Waals surface area contributed by atoms with Crippen molar-refractivity contribution in [1.29, 1.82) is 0 Å². The second-order valence-electron chi connectivity index (χ2n) is 4.09. The number of hydrogen-bond acceptors (Lipinski definition) is 2. The SMILES string of the molecule is C[C@H](N)C(=O)Nc1ccc(CCC(F)(F)F)cc1. The zero-order chi connectivity index (χ0) is 13.8. The van der Waals surface area contributed by atoms with Crippen molar-refractivity contribution < 1.29 is 18.0 Å². The van der Waals surface area contributed by atoms with Crippen LogP contribution in [0.5, 0.6) is 0 Å². The number of carbonyl (C=O) groups excluding carboxylic acids is 1. The molecule has 1 amide bonds. The van der Waals surface area contributed by atoms with Crippen LogP contribution in [-0.2, 0) is 11.2 Å². The minimum Gasteiger partial charge on any atom is -0.325 e. The van der Waals surface area contributed by atoms with Gasteiger partial charge in [-0.25, -0.2) is 0 Å². The van der Waals surface area contributed by atoms with Gasteiger partial charge in [0.2, 0.25) is 5.91 Å². The van der Waals surface area contributed by atoms with Crippen molar-refractivity contribution in [2.45, 2.75) is 32.0 Å². The molecule has 18 heavy (non-hydrogen) atoms. The van der Waals surface area contributed by atoms with Crippen molar-refractivity contribution in [2.75, 3.05) is 5.32 Å². The average molecular weight is 260 g/mol. The van der Waals surface area contributed by atoms with Gasteiger partial charge in [0, 0.05) is 12.1 Å². The summed E-state index contributed by atoms with van der Waals surface area (Å²) < 4.78 is 36.0. The van der Waals surface area contributed by atoms with Crippen LogP contribution in [0.4, 0.5) is 18.9 Å². The summed E-state index contributed by atoms with van der Waals surface area (Å²) in [6.45, 7) is 1.55. The van der Waals surface area contributed by atoms with Gasteiger partial charge in [0.05, 0.1) is 6.04 Å². The molecular formula is C12H15F3N2O. The van der Waals surface area contributed by atoms with E-state index < -0.39 is 18.6 Å². The van der Waals surface area contributed by atoms with Crippen LogP contribution in [0.1, 0.15) is 18.9 Å². The summed E-state index contributed by atoms with van der Waals surface area (Å²) in [5.74, 6) is -0.335. The summed E-state index contributed by atoms with van der Waals surface area (Å²) in [6, 6.07) is 5.61. The van der Waals surface area contributed by atoms with Crippen molar-refractivity contribution in [2.24, 2.45) is 5.73 Å². The number of hydrogen-bond donors (Lipinski definition) is 2. The molecule has 6 heteroatoms. The molecule has 1 aromatic carbocycles. The fourth-order valence-corrected chi connectivity index (χ4v) is 1.30. The van der Waals surface area contributed by atoms with Gasteiger partial charge >= 0.3 is 6.18 Å². The Balaban J connectivity index is 2.55. The van der Waals surface area contributed by atoms with Gasteiger partial charge in [-0.2, -0.15) is 13.2 Å². The molecule has 0 bridgehead atoms. The fourth-order valence-electron chi connectivity index (χ4n) is 1.30. The molecule has 1 aromatic rings. The van der Waals surface area contributed by atoms with E-state index in [1.54, 1.807) is 31.2 Å². The second kappa shape index (κ2) is 5.86. The quantitative estimate of drug-likeness (QED) is 0.873. The lowest BCUT2D eigenvalue weighted by atomic mass is 10.1. The fraction of sp³-hybridized carbons (Fsp3) is 0.417. The third kappa shape index (κ3) is 5.18. The highest BCUT2D eigenvalue weighted by molar-refractivity contribution is 5.94. The number of carbonyl (C=O) groups is 1. The standard InChI is InChI=1S/C12H15F3N2O/c1-8(16)11(18)17-10-4-2-9(3-5-10)6-7-12(13,14)15/h2-5,8H,6-7,16H2,1H3,(H,17,18)/t8-/m0/s1. The predicted octanol–water partition coefficient (Wildman–Crippen LogP) is 2.47. The molecule has 3 nitrogen and oxygen atoms in total. The maximum Gasteiger partial charge on any atom is 0.389 e. The largest absolute Gasteiger partial charge is 0.389 e. The van der Waals surface area contributed by atoms with Crippen LogP contribution >= 0.6 is 0 Å². The number of benzene rings is 1. The number of alkyl halides is 3. The highest BCUT2D eigenvalue weighted by Gasteiger charge is 2.26. The predicted molar refractivity (Wildman–Crippen MR) is 63.1 cm³/mol. The lowest BCUT2D eigenvalue weighted by molar-refractivity contribution is -0.134. The maximum absolute atomic E-state index is 12.0. The zero-order valence-corrected chi connectivity index (χ0v) is 9.92. The summed E-state index contributed by atoms with van der Waals surface area (Å²) in [6.07, 6.45) is -5.06. The number of nitrogens with two attached hydrogens (primary N) is 1. The van der Waals surface area contributed by atoms with Crippen LogP contribution < -0.4 is 11.1 Å². The molecule has 0 aromatic heterocycles. The van der Waals surface area contributed by atoms with Gasteiger partial charge in [0.15, 0.2) is 0 Å². The molecule has 0 saturated carbocycles. The van der Waals surface area contributed by atoms with Gasteiger partial charge < -0.3 is 11.1 Å². The van der Waals surface area contributed by atoms with E-state index in [-0.39, 0.29) is 12.3 Å². The lowest BCUT2D eigenvalue weighted by Crippen LogP contribution is -2.32. The van der Waals surface area contributed by atoms with Gasteiger partial charge in [-0.1, -0.05) is 12.1 Å². The summed E-state index contributed by atoms with van der Waals surface area (Å²) in [7, 11) is 0. The summed E-state index contributed by atoms with van der Waals surface area (Å²) in [5.41, 5.74) is 6.47. The van der Waals surface area contributed by atoms with Crippen molar-refractivity contribution in [1.82, 2.24) is 0 Å². The molecule has 1 atom stereocenters. The van der Waals surface area contributed by atoms with Crippen LogP contribution in [0.2, 0.25) is 0 Å². The maximum atomic E-state index is 12.0. The molecule has 0 heterocycles. The molecule has 0 saturated heterocycles. The number of amides is 1. The minimum absolute atomic E-state index is 0.0645. The normalized spacial score (nSPS) is 13.2. The van der Waals surface area contributed by atoms with Gasteiger partial charge in [0.1, 0.15) is 0 Å². The first-order chi connectivity index (χ1) is 8.28. The molecule has 0 aliphatic carbocycles. The molecule has 0 fully saturated rings. The highest BCUT2D eigenvalue weighted by atomic mass is 19.4. The topological polar surface area (TPSA) is 55.1 Å². The van der Waals surface area contributed by atoms with Crippen molar-refractivity contribution in [3.8, 4) is 0 Å². The highest BCUT2D eigenvalue weighted by Crippen LogP contribution is 2.22. The minimum atomic E-state index is -4.15. The number of nitrogens with one attached hydrogen (secondary N) is 1. The Kier molecular flexibility index (Phi) is 4.72. The Morgan fingerprint density at radius 2 is 1.89 bits per heavy atom. The molecule has 1 rings (SSSR count). The van der Waals surface area contributed by atoms with E-state index in [2.05, 4.69) is 5.32 Å². The first-order valence-electron chi connectivity index (χ1n) is 5.50. The van der Waals surface area contributed by atoms with Gasteiger partial charge in [-0.15, -0.1) is 0 Å². The average Bonchev–Trinajstić information content (AvgIpc) is 2.27. The molecule has 3 N–H and O–H groups in total. The first-order valence-corrected chi connectivity index (χ1v) is 5.50. The number of anilines is 1. The van der Waals surface area contributed by atoms with Gasteiger partial charge in [0.25, 0.3) is 0 Å². The number of rotatable bonds is 4. The molecule has 0 unspecified atom stereocenters. The molecule has 0 aliphatic heterocycles. The van der Waals surface area contributed by atoms with Crippen molar-refractivity contribution in [3.63, 3.8) is 0 Å². The van der Waals surface area contributed by atoms with E-state index in [0.717, 1.165) is 0 Å². The molecule has 0 spiro atoms. The zero-order valence-electron chi connectivity index (χ0n) is 9.92. The van der Waals surface area contributed by atoms with E-state index in [1.165, 1.54) is 0 Å². The molecule has 0 radical (unpaired) electrons. The van der Waals surface area contributed by atoms with Crippen molar-refractivity contribution in [3.05, 3.63) is 29.8 Å². The molecule has 100 valence electrons. The number of halogens is 3. The second-order valence-corrected chi connectivity index (χ2v) is 4.09. The third-order valence-electron chi connectivity index (χ3n) is 2.33.